The molecule has 5 heteroatoms. The third-order valence-electron chi connectivity index (χ3n) is 3.95. The molecule has 1 aromatic rings. The third kappa shape index (κ3) is 3.76. The average Bonchev–Trinajstić information content (AvgIpc) is 2.81. The molecule has 1 N–H and O–H groups in total. The SMILES string of the molecule is CCCn1ncnc1CN1CCC(NCC)C(C)C1. The Bertz CT molecular complexity index is 376. The molecule has 2 heterocycles. The van der Waals surface area contributed by atoms with E-state index in [1.54, 1.807) is 6.33 Å². The van der Waals surface area contributed by atoms with E-state index in [9.17, 15) is 0 Å². The van der Waals surface area contributed by atoms with Crippen LogP contribution in [-0.4, -0.2) is 45.3 Å². The first-order valence-electron chi connectivity index (χ1n) is 7.57. The molecule has 2 unspecified atom stereocenters. The zero-order chi connectivity index (χ0) is 13.7. The largest absolute Gasteiger partial charge is 0.314 e. The summed E-state index contributed by atoms with van der Waals surface area (Å²) in [5, 5.41) is 7.89. The van der Waals surface area contributed by atoms with Crippen molar-refractivity contribution in [1.29, 1.82) is 0 Å². The van der Waals surface area contributed by atoms with E-state index in [1.807, 2.05) is 4.68 Å². The lowest BCUT2D eigenvalue weighted by Gasteiger charge is -2.37. The van der Waals surface area contributed by atoms with E-state index in [4.69, 9.17) is 0 Å². The smallest absolute Gasteiger partial charge is 0.141 e. The van der Waals surface area contributed by atoms with Crippen molar-refractivity contribution >= 4 is 0 Å². The van der Waals surface area contributed by atoms with Crippen LogP contribution in [0.1, 0.15) is 39.4 Å². The average molecular weight is 265 g/mol. The quantitative estimate of drug-likeness (QED) is 0.847. The van der Waals surface area contributed by atoms with Gasteiger partial charge >= 0.3 is 0 Å². The van der Waals surface area contributed by atoms with Gasteiger partial charge in [0.25, 0.3) is 0 Å². The molecule has 1 aliphatic heterocycles. The fourth-order valence-corrected chi connectivity index (χ4v) is 2.95. The Kier molecular flexibility index (Phi) is 5.34. The third-order valence-corrected chi connectivity index (χ3v) is 3.95. The minimum atomic E-state index is 0.676. The molecule has 1 fully saturated rings. The standard InChI is InChI=1S/C14H27N5/c1-4-7-19-14(16-11-17-19)10-18-8-6-13(15-5-2)12(3)9-18/h11-13,15H,4-10H2,1-3H3. The van der Waals surface area contributed by atoms with Gasteiger partial charge in [-0.1, -0.05) is 20.8 Å². The molecule has 108 valence electrons. The molecule has 0 amide bonds. The molecule has 2 atom stereocenters. The first kappa shape index (κ1) is 14.5. The van der Waals surface area contributed by atoms with Crippen LogP contribution in [0.15, 0.2) is 6.33 Å². The summed E-state index contributed by atoms with van der Waals surface area (Å²) in [4.78, 5) is 6.91. The Hall–Kier alpha value is -0.940. The molecular weight excluding hydrogens is 238 g/mol. The van der Waals surface area contributed by atoms with E-state index in [0.29, 0.717) is 12.0 Å². The van der Waals surface area contributed by atoms with Gasteiger partial charge in [0, 0.05) is 25.7 Å². The van der Waals surface area contributed by atoms with Crippen LogP contribution in [0, 0.1) is 5.92 Å². The number of rotatable bonds is 6. The van der Waals surface area contributed by atoms with E-state index in [2.05, 4.69) is 41.1 Å². The van der Waals surface area contributed by atoms with Gasteiger partial charge in [0.05, 0.1) is 6.54 Å². The highest BCUT2D eigenvalue weighted by molar-refractivity contribution is 4.89. The van der Waals surface area contributed by atoms with E-state index < -0.39 is 0 Å². The second-order valence-corrected chi connectivity index (χ2v) is 5.56. The van der Waals surface area contributed by atoms with Crippen LogP contribution in [0.4, 0.5) is 0 Å². The predicted molar refractivity (Wildman–Crippen MR) is 76.8 cm³/mol. The van der Waals surface area contributed by atoms with Crippen LogP contribution >= 0.6 is 0 Å². The zero-order valence-electron chi connectivity index (χ0n) is 12.5. The van der Waals surface area contributed by atoms with Gasteiger partial charge in [0.2, 0.25) is 0 Å². The van der Waals surface area contributed by atoms with E-state index in [0.717, 1.165) is 45.0 Å². The normalized spacial score (nSPS) is 24.8. The number of aryl methyl sites for hydroxylation is 1. The van der Waals surface area contributed by atoms with Crippen molar-refractivity contribution in [3.8, 4) is 0 Å². The van der Waals surface area contributed by atoms with Crippen molar-refractivity contribution in [3.63, 3.8) is 0 Å². The summed E-state index contributed by atoms with van der Waals surface area (Å²) < 4.78 is 2.04. The van der Waals surface area contributed by atoms with Crippen molar-refractivity contribution in [2.45, 2.75) is 52.7 Å². The van der Waals surface area contributed by atoms with E-state index >= 15 is 0 Å². The summed E-state index contributed by atoms with van der Waals surface area (Å²) in [6.07, 6.45) is 4.02. The lowest BCUT2D eigenvalue weighted by Crippen LogP contribution is -2.48. The van der Waals surface area contributed by atoms with Crippen LogP contribution < -0.4 is 5.32 Å². The summed E-state index contributed by atoms with van der Waals surface area (Å²) in [6.45, 7) is 12.0. The van der Waals surface area contributed by atoms with Crippen molar-refractivity contribution in [2.75, 3.05) is 19.6 Å². The van der Waals surface area contributed by atoms with Gasteiger partial charge in [-0.15, -0.1) is 0 Å². The molecule has 0 saturated carbocycles. The lowest BCUT2D eigenvalue weighted by atomic mass is 9.94. The van der Waals surface area contributed by atoms with Crippen LogP contribution in [0.3, 0.4) is 0 Å². The van der Waals surface area contributed by atoms with Gasteiger partial charge in [0.15, 0.2) is 0 Å². The number of nitrogens with zero attached hydrogens (tertiary/aromatic N) is 4. The predicted octanol–water partition coefficient (Wildman–Crippen LogP) is 1.51. The fraction of sp³-hybridized carbons (Fsp3) is 0.857. The molecule has 1 saturated heterocycles. The van der Waals surface area contributed by atoms with Gasteiger partial charge in [-0.3, -0.25) is 4.90 Å². The topological polar surface area (TPSA) is 46.0 Å². The van der Waals surface area contributed by atoms with Crippen molar-refractivity contribution < 1.29 is 0 Å². The molecule has 0 aliphatic carbocycles. The highest BCUT2D eigenvalue weighted by Crippen LogP contribution is 2.18. The van der Waals surface area contributed by atoms with E-state index in [1.165, 1.54) is 6.42 Å². The Morgan fingerprint density at radius 2 is 2.26 bits per heavy atom. The summed E-state index contributed by atoms with van der Waals surface area (Å²) in [5.41, 5.74) is 0. The Labute approximate surface area is 116 Å². The maximum absolute atomic E-state index is 4.40. The number of nitrogens with one attached hydrogen (secondary N) is 1. The maximum Gasteiger partial charge on any atom is 0.141 e. The summed E-state index contributed by atoms with van der Waals surface area (Å²) in [7, 11) is 0. The van der Waals surface area contributed by atoms with Crippen molar-refractivity contribution in [1.82, 2.24) is 25.0 Å². The molecule has 0 spiro atoms. The summed E-state index contributed by atoms with van der Waals surface area (Å²) in [6, 6.07) is 0.676. The number of likely N-dealkylation sites (tertiary alicyclic amines) is 1. The van der Waals surface area contributed by atoms with E-state index in [-0.39, 0.29) is 0 Å². The zero-order valence-corrected chi connectivity index (χ0v) is 12.5. The summed E-state index contributed by atoms with van der Waals surface area (Å²) in [5.74, 6) is 1.81. The van der Waals surface area contributed by atoms with Gasteiger partial charge in [-0.05, 0) is 25.3 Å². The van der Waals surface area contributed by atoms with Crippen LogP contribution in [-0.2, 0) is 13.1 Å². The summed E-state index contributed by atoms with van der Waals surface area (Å²) >= 11 is 0. The Balaban J connectivity index is 1.88. The molecular formula is C14H27N5. The molecule has 19 heavy (non-hydrogen) atoms. The van der Waals surface area contributed by atoms with Crippen molar-refractivity contribution in [2.24, 2.45) is 5.92 Å². The molecule has 5 nitrogen and oxygen atoms in total. The van der Waals surface area contributed by atoms with Crippen LogP contribution in [0.25, 0.3) is 0 Å². The highest BCUT2D eigenvalue weighted by Gasteiger charge is 2.25. The molecule has 0 radical (unpaired) electrons. The molecule has 1 aromatic heterocycles. The monoisotopic (exact) mass is 265 g/mol. The van der Waals surface area contributed by atoms with Gasteiger partial charge in [-0.2, -0.15) is 5.10 Å². The van der Waals surface area contributed by atoms with Gasteiger partial charge in [0.1, 0.15) is 12.2 Å². The first-order chi connectivity index (χ1) is 9.24. The lowest BCUT2D eigenvalue weighted by molar-refractivity contribution is 0.137. The number of aromatic nitrogens is 3. The molecule has 0 bridgehead atoms. The minimum Gasteiger partial charge on any atom is -0.314 e. The Morgan fingerprint density at radius 3 is 2.95 bits per heavy atom. The number of piperidine rings is 1. The molecule has 1 aliphatic rings. The highest BCUT2D eigenvalue weighted by atomic mass is 15.3. The second-order valence-electron chi connectivity index (χ2n) is 5.56. The van der Waals surface area contributed by atoms with Gasteiger partial charge in [-0.25, -0.2) is 9.67 Å². The minimum absolute atomic E-state index is 0.676. The van der Waals surface area contributed by atoms with Crippen molar-refractivity contribution in [3.05, 3.63) is 12.2 Å². The number of hydrogen-bond donors (Lipinski definition) is 1. The van der Waals surface area contributed by atoms with Crippen LogP contribution in [0.5, 0.6) is 0 Å². The second kappa shape index (κ2) is 7.01. The first-order valence-corrected chi connectivity index (χ1v) is 7.57. The van der Waals surface area contributed by atoms with Gasteiger partial charge < -0.3 is 5.32 Å². The Morgan fingerprint density at radius 1 is 1.42 bits per heavy atom. The number of hydrogen-bond acceptors (Lipinski definition) is 4. The maximum atomic E-state index is 4.40. The van der Waals surface area contributed by atoms with Crippen LogP contribution in [0.2, 0.25) is 0 Å². The molecule has 2 rings (SSSR count). The molecule has 0 aromatic carbocycles. The fourth-order valence-electron chi connectivity index (χ4n) is 2.95.